The normalized spacial score (nSPS) is 10.7. The van der Waals surface area contributed by atoms with Gasteiger partial charge in [-0.05, 0) is 44.2 Å². The molecule has 0 bridgehead atoms. The first kappa shape index (κ1) is 20.1. The van der Waals surface area contributed by atoms with Gasteiger partial charge in [0.1, 0.15) is 11.5 Å². The first-order valence-corrected chi connectivity index (χ1v) is 9.44. The lowest BCUT2D eigenvalue weighted by molar-refractivity contribution is 0.102. The molecule has 0 spiro atoms. The van der Waals surface area contributed by atoms with Crippen molar-refractivity contribution in [1.82, 2.24) is 29.9 Å². The van der Waals surface area contributed by atoms with Crippen LogP contribution in [0.1, 0.15) is 21.7 Å². The summed E-state index contributed by atoms with van der Waals surface area (Å²) in [5, 5.41) is 13.9. The monoisotopic (exact) mass is 419 g/mol. The molecule has 0 fully saturated rings. The summed E-state index contributed by atoms with van der Waals surface area (Å²) < 4.78 is 12.3. The number of pyridine rings is 1. The quantitative estimate of drug-likeness (QED) is 0.493. The van der Waals surface area contributed by atoms with Gasteiger partial charge in [0.05, 0.1) is 31.0 Å². The molecular formula is C21H21N7O3. The maximum Gasteiger partial charge on any atom is 0.259 e. The summed E-state index contributed by atoms with van der Waals surface area (Å²) in [5.41, 5.74) is 2.92. The lowest BCUT2D eigenvalue weighted by Gasteiger charge is -2.07. The van der Waals surface area contributed by atoms with E-state index in [0.717, 1.165) is 11.4 Å². The summed E-state index contributed by atoms with van der Waals surface area (Å²) in [7, 11) is 3.13. The predicted octanol–water partition coefficient (Wildman–Crippen LogP) is 2.94. The van der Waals surface area contributed by atoms with Gasteiger partial charge in [-0.15, -0.1) is 5.10 Å². The van der Waals surface area contributed by atoms with Gasteiger partial charge in [0.2, 0.25) is 5.95 Å². The second-order valence-corrected chi connectivity index (χ2v) is 6.77. The molecule has 4 rings (SSSR count). The Kier molecular flexibility index (Phi) is 5.35. The van der Waals surface area contributed by atoms with Crippen LogP contribution < -0.4 is 14.8 Å². The highest BCUT2D eigenvalue weighted by Crippen LogP contribution is 2.31. The van der Waals surface area contributed by atoms with Gasteiger partial charge in [0.25, 0.3) is 5.91 Å². The van der Waals surface area contributed by atoms with E-state index in [4.69, 9.17) is 9.47 Å². The lowest BCUT2D eigenvalue weighted by Crippen LogP contribution is -2.14. The minimum absolute atomic E-state index is 0.139. The van der Waals surface area contributed by atoms with Gasteiger partial charge in [-0.2, -0.15) is 10.1 Å². The Morgan fingerprint density at radius 1 is 1.10 bits per heavy atom. The van der Waals surface area contributed by atoms with Gasteiger partial charge in [-0.3, -0.25) is 15.2 Å². The van der Waals surface area contributed by atoms with E-state index in [2.05, 4.69) is 30.6 Å². The predicted molar refractivity (Wildman–Crippen MR) is 114 cm³/mol. The summed E-state index contributed by atoms with van der Waals surface area (Å²) in [4.78, 5) is 21.3. The molecule has 3 aromatic heterocycles. The minimum Gasteiger partial charge on any atom is -0.497 e. The van der Waals surface area contributed by atoms with E-state index in [1.165, 1.54) is 6.20 Å². The van der Waals surface area contributed by atoms with Crippen LogP contribution >= 0.6 is 0 Å². The standard InChI is InChI=1S/C21H21N7O3/c1-12-9-13(2)28(27-12)18-8-5-14(11-22-18)20(29)24-21-23-19(25-26-21)16-7-6-15(30-3)10-17(16)31-4/h5-11H,1-4H3,(H2,23,24,25,26,29). The Balaban J connectivity index is 1.50. The molecule has 10 heteroatoms. The van der Waals surface area contributed by atoms with E-state index in [1.54, 1.807) is 49.2 Å². The van der Waals surface area contributed by atoms with Crippen LogP contribution in [0.3, 0.4) is 0 Å². The molecule has 2 N–H and O–H groups in total. The van der Waals surface area contributed by atoms with E-state index < -0.39 is 0 Å². The van der Waals surface area contributed by atoms with E-state index >= 15 is 0 Å². The smallest absolute Gasteiger partial charge is 0.259 e. The summed E-state index contributed by atoms with van der Waals surface area (Å²) in [6, 6.07) is 10.7. The van der Waals surface area contributed by atoms with E-state index in [-0.39, 0.29) is 11.9 Å². The number of carbonyl (C=O) groups excluding carboxylic acids is 1. The average molecular weight is 419 g/mol. The topological polar surface area (TPSA) is 120 Å². The van der Waals surface area contributed by atoms with E-state index in [9.17, 15) is 4.79 Å². The van der Waals surface area contributed by atoms with Crippen molar-refractivity contribution < 1.29 is 14.3 Å². The van der Waals surface area contributed by atoms with Gasteiger partial charge in [0.15, 0.2) is 11.6 Å². The molecule has 0 aliphatic rings. The molecule has 0 saturated heterocycles. The number of anilines is 1. The van der Waals surface area contributed by atoms with E-state index in [0.29, 0.717) is 34.3 Å². The van der Waals surface area contributed by atoms with Crippen molar-refractivity contribution in [2.75, 3.05) is 19.5 Å². The number of nitrogens with zero attached hydrogens (tertiary/aromatic N) is 5. The number of methoxy groups -OCH3 is 2. The molecule has 0 atom stereocenters. The maximum atomic E-state index is 12.6. The van der Waals surface area contributed by atoms with Crippen LogP contribution in [0.15, 0.2) is 42.6 Å². The first-order valence-electron chi connectivity index (χ1n) is 9.44. The number of aryl methyl sites for hydroxylation is 2. The number of hydrogen-bond acceptors (Lipinski definition) is 7. The van der Waals surface area contributed by atoms with E-state index in [1.807, 2.05) is 19.9 Å². The zero-order valence-electron chi connectivity index (χ0n) is 17.5. The molecule has 10 nitrogen and oxygen atoms in total. The second-order valence-electron chi connectivity index (χ2n) is 6.77. The minimum atomic E-state index is -0.375. The van der Waals surface area contributed by atoms with Gasteiger partial charge in [-0.25, -0.2) is 9.67 Å². The number of hydrogen-bond donors (Lipinski definition) is 2. The number of aromatic amines is 1. The van der Waals surface area contributed by atoms with Crippen molar-refractivity contribution in [3.63, 3.8) is 0 Å². The Morgan fingerprint density at radius 2 is 1.94 bits per heavy atom. The van der Waals surface area contributed by atoms with Crippen LogP contribution in [0, 0.1) is 13.8 Å². The Bertz CT molecular complexity index is 1230. The van der Waals surface area contributed by atoms with Crippen LogP contribution in [0.2, 0.25) is 0 Å². The molecule has 3 heterocycles. The highest BCUT2D eigenvalue weighted by Gasteiger charge is 2.15. The fourth-order valence-electron chi connectivity index (χ4n) is 3.11. The van der Waals surface area contributed by atoms with Crippen LogP contribution in [0.4, 0.5) is 5.95 Å². The number of nitrogens with one attached hydrogen (secondary N) is 2. The SMILES string of the molecule is COc1ccc(-c2nc(NC(=O)c3ccc(-n4nc(C)cc4C)nc3)n[nH]2)c(OC)c1. The number of rotatable bonds is 6. The molecule has 0 aliphatic heterocycles. The highest BCUT2D eigenvalue weighted by molar-refractivity contribution is 6.03. The van der Waals surface area contributed by atoms with Crippen LogP contribution in [0.5, 0.6) is 11.5 Å². The summed E-state index contributed by atoms with van der Waals surface area (Å²) in [6.45, 7) is 3.86. The number of H-pyrrole nitrogens is 1. The Hall–Kier alpha value is -4.21. The van der Waals surface area contributed by atoms with Crippen molar-refractivity contribution in [3.8, 4) is 28.7 Å². The van der Waals surface area contributed by atoms with Crippen molar-refractivity contribution in [3.05, 3.63) is 59.5 Å². The molecular weight excluding hydrogens is 398 g/mol. The second kappa shape index (κ2) is 8.27. The maximum absolute atomic E-state index is 12.6. The third-order valence-electron chi connectivity index (χ3n) is 4.61. The molecule has 0 unspecified atom stereocenters. The average Bonchev–Trinajstić information content (AvgIpc) is 3.38. The van der Waals surface area contributed by atoms with Crippen molar-refractivity contribution in [2.24, 2.45) is 0 Å². The van der Waals surface area contributed by atoms with Crippen LogP contribution in [0.25, 0.3) is 17.2 Å². The van der Waals surface area contributed by atoms with Crippen LogP contribution in [-0.2, 0) is 0 Å². The number of ether oxygens (including phenoxy) is 2. The largest absolute Gasteiger partial charge is 0.497 e. The number of carbonyl (C=O) groups is 1. The molecule has 0 saturated carbocycles. The highest BCUT2D eigenvalue weighted by atomic mass is 16.5. The van der Waals surface area contributed by atoms with Crippen molar-refractivity contribution >= 4 is 11.9 Å². The third kappa shape index (κ3) is 4.08. The van der Waals surface area contributed by atoms with Crippen LogP contribution in [-0.4, -0.2) is 50.1 Å². The first-order chi connectivity index (χ1) is 15.0. The third-order valence-corrected chi connectivity index (χ3v) is 4.61. The lowest BCUT2D eigenvalue weighted by atomic mass is 10.2. The molecule has 0 aliphatic carbocycles. The van der Waals surface area contributed by atoms with Gasteiger partial charge < -0.3 is 9.47 Å². The fourth-order valence-corrected chi connectivity index (χ4v) is 3.11. The zero-order chi connectivity index (χ0) is 22.0. The zero-order valence-corrected chi connectivity index (χ0v) is 17.5. The number of benzene rings is 1. The molecule has 1 amide bonds. The molecule has 0 radical (unpaired) electrons. The van der Waals surface area contributed by atoms with Crippen molar-refractivity contribution in [2.45, 2.75) is 13.8 Å². The van der Waals surface area contributed by atoms with Gasteiger partial charge in [0, 0.05) is 18.0 Å². The summed E-state index contributed by atoms with van der Waals surface area (Å²) in [5.74, 6) is 2.07. The van der Waals surface area contributed by atoms with Gasteiger partial charge >= 0.3 is 0 Å². The van der Waals surface area contributed by atoms with Gasteiger partial charge in [-0.1, -0.05) is 0 Å². The summed E-state index contributed by atoms with van der Waals surface area (Å²) >= 11 is 0. The summed E-state index contributed by atoms with van der Waals surface area (Å²) in [6.07, 6.45) is 1.49. The molecule has 158 valence electrons. The molecule has 4 aromatic rings. The number of aromatic nitrogens is 6. The molecule has 1 aromatic carbocycles. The number of amides is 1. The molecule has 31 heavy (non-hydrogen) atoms. The Labute approximate surface area is 178 Å². The fraction of sp³-hybridized carbons (Fsp3) is 0.190. The van der Waals surface area contributed by atoms with Crippen molar-refractivity contribution in [1.29, 1.82) is 0 Å². The Morgan fingerprint density at radius 3 is 2.58 bits per heavy atom.